The molecule has 0 unspecified atom stereocenters. The minimum atomic E-state index is 0.494. The highest BCUT2D eigenvalue weighted by Gasteiger charge is 2.21. The van der Waals surface area contributed by atoms with E-state index in [1.807, 2.05) is 18.2 Å². The number of fused-ring (bicyclic) bond motifs is 1. The summed E-state index contributed by atoms with van der Waals surface area (Å²) < 4.78 is 5.72. The lowest BCUT2D eigenvalue weighted by atomic mass is 9.83. The number of nitrogens with two attached hydrogens (primary N) is 1. The van der Waals surface area contributed by atoms with Crippen LogP contribution in [0.3, 0.4) is 0 Å². The first-order chi connectivity index (χ1) is 9.74. The van der Waals surface area contributed by atoms with Crippen LogP contribution in [0.25, 0.3) is 11.1 Å². The lowest BCUT2D eigenvalue weighted by Crippen LogP contribution is -2.26. The summed E-state index contributed by atoms with van der Waals surface area (Å²) in [5.74, 6) is 0.918. The normalized spacial score (nSPS) is 23.1. The van der Waals surface area contributed by atoms with Gasteiger partial charge in [-0.3, -0.25) is 0 Å². The molecule has 3 rings (SSSR count). The minimum Gasteiger partial charge on any atom is -0.423 e. The Balaban J connectivity index is 1.62. The van der Waals surface area contributed by atoms with Crippen molar-refractivity contribution in [3.05, 3.63) is 18.2 Å². The first kappa shape index (κ1) is 13.3. The second-order valence-electron chi connectivity index (χ2n) is 5.90. The molecule has 0 spiro atoms. The van der Waals surface area contributed by atoms with Gasteiger partial charge < -0.3 is 15.5 Å². The molecule has 3 N–H and O–H groups in total. The monoisotopic (exact) mass is 273 g/mol. The molecule has 4 heteroatoms. The lowest BCUT2D eigenvalue weighted by molar-refractivity contribution is 0.316. The first-order valence-corrected chi connectivity index (χ1v) is 7.67. The van der Waals surface area contributed by atoms with Gasteiger partial charge in [-0.15, -0.1) is 0 Å². The number of nitrogens with one attached hydrogen (secondary N) is 1. The van der Waals surface area contributed by atoms with Crippen molar-refractivity contribution < 1.29 is 4.42 Å². The Morgan fingerprint density at radius 1 is 1.30 bits per heavy atom. The minimum absolute atomic E-state index is 0.494. The summed E-state index contributed by atoms with van der Waals surface area (Å²) >= 11 is 0. The van der Waals surface area contributed by atoms with E-state index in [0.717, 1.165) is 17.0 Å². The van der Waals surface area contributed by atoms with E-state index in [0.29, 0.717) is 17.7 Å². The number of rotatable bonds is 4. The van der Waals surface area contributed by atoms with Crippen molar-refractivity contribution >= 4 is 22.8 Å². The molecular weight excluding hydrogens is 250 g/mol. The summed E-state index contributed by atoms with van der Waals surface area (Å²) in [7, 11) is 0. The molecule has 0 saturated heterocycles. The number of oxazole rings is 1. The van der Waals surface area contributed by atoms with E-state index < -0.39 is 0 Å². The number of hydrogen-bond donors (Lipinski definition) is 2. The van der Waals surface area contributed by atoms with Gasteiger partial charge in [0.2, 0.25) is 0 Å². The van der Waals surface area contributed by atoms with Gasteiger partial charge in [0.05, 0.1) is 0 Å². The van der Waals surface area contributed by atoms with Gasteiger partial charge in [0.25, 0.3) is 6.01 Å². The van der Waals surface area contributed by atoms with Crippen molar-refractivity contribution in [3.8, 4) is 0 Å². The Bertz CT molecular complexity index is 570. The fourth-order valence-corrected chi connectivity index (χ4v) is 3.18. The number of nitrogens with zero attached hydrogens (tertiary/aromatic N) is 1. The Labute approximate surface area is 119 Å². The summed E-state index contributed by atoms with van der Waals surface area (Å²) in [6, 6.07) is 6.70. The topological polar surface area (TPSA) is 64.1 Å². The van der Waals surface area contributed by atoms with Gasteiger partial charge >= 0.3 is 0 Å². The molecular formula is C16H23N3O. The highest BCUT2D eigenvalue weighted by molar-refractivity contribution is 5.78. The average Bonchev–Trinajstić information content (AvgIpc) is 2.82. The van der Waals surface area contributed by atoms with Crippen LogP contribution in [0.5, 0.6) is 0 Å². The van der Waals surface area contributed by atoms with Crippen molar-refractivity contribution in [2.24, 2.45) is 5.92 Å². The van der Waals surface area contributed by atoms with Gasteiger partial charge in [-0.2, -0.15) is 4.98 Å². The van der Waals surface area contributed by atoms with E-state index in [1.165, 1.54) is 38.5 Å². The fraction of sp³-hybridized carbons (Fsp3) is 0.562. The van der Waals surface area contributed by atoms with Crippen molar-refractivity contribution in [2.45, 2.75) is 51.5 Å². The Hall–Kier alpha value is -1.71. The number of anilines is 2. The molecule has 1 aliphatic carbocycles. The van der Waals surface area contributed by atoms with Crippen LogP contribution in [0, 0.1) is 5.92 Å². The molecule has 1 aliphatic rings. The zero-order valence-electron chi connectivity index (χ0n) is 12.1. The molecule has 1 aromatic carbocycles. The number of benzene rings is 1. The quantitative estimate of drug-likeness (QED) is 0.820. The number of nitrogen functional groups attached to an aromatic ring is 1. The molecule has 20 heavy (non-hydrogen) atoms. The summed E-state index contributed by atoms with van der Waals surface area (Å²) in [6.07, 6.45) is 7.73. The summed E-state index contributed by atoms with van der Waals surface area (Å²) in [4.78, 5) is 4.47. The zero-order valence-corrected chi connectivity index (χ0v) is 12.1. The van der Waals surface area contributed by atoms with Crippen molar-refractivity contribution in [3.63, 3.8) is 0 Å². The predicted octanol–water partition coefficient (Wildman–Crippen LogP) is 4.18. The maximum atomic E-state index is 5.75. The standard InChI is InChI=1S/C16H23N3O/c1-2-3-11-4-7-13(8-5-11)18-16-19-14-9-6-12(17)10-15(14)20-16/h6,9-11,13H,2-5,7-8,17H2,1H3,(H,18,19). The lowest BCUT2D eigenvalue weighted by Gasteiger charge is -2.28. The number of hydrogen-bond acceptors (Lipinski definition) is 4. The molecule has 0 atom stereocenters. The first-order valence-electron chi connectivity index (χ1n) is 7.67. The number of aromatic nitrogens is 1. The average molecular weight is 273 g/mol. The van der Waals surface area contributed by atoms with E-state index in [-0.39, 0.29) is 0 Å². The maximum Gasteiger partial charge on any atom is 0.295 e. The van der Waals surface area contributed by atoms with Crippen LogP contribution < -0.4 is 11.1 Å². The van der Waals surface area contributed by atoms with Crippen molar-refractivity contribution in [1.29, 1.82) is 0 Å². The largest absolute Gasteiger partial charge is 0.423 e. The fourth-order valence-electron chi connectivity index (χ4n) is 3.18. The molecule has 1 heterocycles. The molecule has 1 aromatic heterocycles. The molecule has 0 aliphatic heterocycles. The predicted molar refractivity (Wildman–Crippen MR) is 82.7 cm³/mol. The van der Waals surface area contributed by atoms with Gasteiger partial charge in [0.15, 0.2) is 5.58 Å². The smallest absolute Gasteiger partial charge is 0.295 e. The second kappa shape index (κ2) is 5.73. The van der Waals surface area contributed by atoms with Gasteiger partial charge in [-0.1, -0.05) is 19.8 Å². The third kappa shape index (κ3) is 2.89. The van der Waals surface area contributed by atoms with E-state index >= 15 is 0 Å². The Morgan fingerprint density at radius 3 is 2.85 bits per heavy atom. The van der Waals surface area contributed by atoms with Crippen LogP contribution >= 0.6 is 0 Å². The van der Waals surface area contributed by atoms with Crippen LogP contribution in [0.15, 0.2) is 22.6 Å². The van der Waals surface area contributed by atoms with Crippen LogP contribution in [0.1, 0.15) is 45.4 Å². The Kier molecular flexibility index (Phi) is 3.81. The SMILES string of the molecule is CCCC1CCC(Nc2nc3ccc(N)cc3o2)CC1. The van der Waals surface area contributed by atoms with Gasteiger partial charge in [0, 0.05) is 17.8 Å². The van der Waals surface area contributed by atoms with Gasteiger partial charge in [-0.05, 0) is 43.7 Å². The molecule has 1 saturated carbocycles. The van der Waals surface area contributed by atoms with Gasteiger partial charge in [-0.25, -0.2) is 0 Å². The Morgan fingerprint density at radius 2 is 2.10 bits per heavy atom. The maximum absolute atomic E-state index is 5.75. The molecule has 2 aromatic rings. The van der Waals surface area contributed by atoms with Crippen LogP contribution in [0.2, 0.25) is 0 Å². The molecule has 4 nitrogen and oxygen atoms in total. The third-order valence-corrected chi connectivity index (χ3v) is 4.28. The molecule has 0 amide bonds. The summed E-state index contributed by atoms with van der Waals surface area (Å²) in [6.45, 7) is 2.27. The molecule has 0 bridgehead atoms. The summed E-state index contributed by atoms with van der Waals surface area (Å²) in [5.41, 5.74) is 8.08. The van der Waals surface area contributed by atoms with Crippen LogP contribution in [-0.4, -0.2) is 11.0 Å². The highest BCUT2D eigenvalue weighted by atomic mass is 16.4. The highest BCUT2D eigenvalue weighted by Crippen LogP contribution is 2.30. The van der Waals surface area contributed by atoms with Gasteiger partial charge in [0.1, 0.15) is 5.52 Å². The van der Waals surface area contributed by atoms with E-state index in [9.17, 15) is 0 Å². The van der Waals surface area contributed by atoms with Crippen LogP contribution in [-0.2, 0) is 0 Å². The molecule has 1 fully saturated rings. The van der Waals surface area contributed by atoms with Crippen molar-refractivity contribution in [2.75, 3.05) is 11.1 Å². The molecule has 0 radical (unpaired) electrons. The van der Waals surface area contributed by atoms with E-state index in [4.69, 9.17) is 10.2 Å². The van der Waals surface area contributed by atoms with E-state index in [1.54, 1.807) is 0 Å². The van der Waals surface area contributed by atoms with Crippen molar-refractivity contribution in [1.82, 2.24) is 4.98 Å². The second-order valence-corrected chi connectivity index (χ2v) is 5.90. The summed E-state index contributed by atoms with van der Waals surface area (Å²) in [5, 5.41) is 3.43. The van der Waals surface area contributed by atoms with E-state index in [2.05, 4.69) is 17.2 Å². The molecule has 108 valence electrons. The third-order valence-electron chi connectivity index (χ3n) is 4.28. The van der Waals surface area contributed by atoms with Crippen LogP contribution in [0.4, 0.5) is 11.7 Å². The zero-order chi connectivity index (χ0) is 13.9.